The van der Waals surface area contributed by atoms with Gasteiger partial charge in [0.2, 0.25) is 5.91 Å². The Kier molecular flexibility index (Phi) is 5.64. The highest BCUT2D eigenvalue weighted by atomic mass is 16.5. The number of hydrogen-bond donors (Lipinski definition) is 1. The lowest BCUT2D eigenvalue weighted by Crippen LogP contribution is -2.09. The largest absolute Gasteiger partial charge is 0.491 e. The first kappa shape index (κ1) is 14.9. The Morgan fingerprint density at radius 1 is 1.29 bits per heavy atom. The van der Waals surface area contributed by atoms with Crippen LogP contribution in [-0.4, -0.2) is 12.5 Å². The number of nitrogens with one attached hydrogen (secondary N) is 1. The van der Waals surface area contributed by atoms with Crippen LogP contribution in [0.1, 0.15) is 25.5 Å². The minimum Gasteiger partial charge on any atom is -0.491 e. The van der Waals surface area contributed by atoms with Crippen LogP contribution in [0.25, 0.3) is 6.08 Å². The summed E-state index contributed by atoms with van der Waals surface area (Å²) in [5.41, 5.74) is 0.669. The Bertz CT molecular complexity index is 588. The quantitative estimate of drug-likeness (QED) is 0.615. The highest BCUT2D eigenvalue weighted by Crippen LogP contribution is 2.24. The van der Waals surface area contributed by atoms with Gasteiger partial charge in [0.15, 0.2) is 0 Å². The van der Waals surface area contributed by atoms with Crippen LogP contribution < -0.4 is 10.1 Å². The predicted molar refractivity (Wildman–Crippen MR) is 83.2 cm³/mol. The van der Waals surface area contributed by atoms with Crippen molar-refractivity contribution in [3.05, 3.63) is 54.5 Å². The zero-order chi connectivity index (χ0) is 14.9. The molecule has 0 saturated heterocycles. The summed E-state index contributed by atoms with van der Waals surface area (Å²) in [6.07, 6.45) is 6.67. The molecule has 1 N–H and O–H groups in total. The number of anilines is 1. The third-order valence-corrected chi connectivity index (χ3v) is 2.84. The smallest absolute Gasteiger partial charge is 0.248 e. The minimum atomic E-state index is -0.224. The first-order chi connectivity index (χ1) is 10.3. The molecule has 0 spiro atoms. The van der Waals surface area contributed by atoms with Gasteiger partial charge in [0.1, 0.15) is 11.5 Å². The van der Waals surface area contributed by atoms with E-state index in [9.17, 15) is 4.79 Å². The number of rotatable bonds is 7. The number of ether oxygens (including phenoxy) is 1. The molecule has 1 aromatic heterocycles. The van der Waals surface area contributed by atoms with Crippen LogP contribution in [0.4, 0.5) is 5.69 Å². The summed E-state index contributed by atoms with van der Waals surface area (Å²) in [4.78, 5) is 11.9. The molecule has 4 heteroatoms. The fraction of sp³-hybridized carbons (Fsp3) is 0.235. The van der Waals surface area contributed by atoms with Gasteiger partial charge in [-0.15, -0.1) is 0 Å². The SMILES string of the molecule is CCCCOc1ccccc1NC(=O)/C=C/c1ccco1. The van der Waals surface area contributed by atoms with Crippen molar-refractivity contribution in [3.63, 3.8) is 0 Å². The van der Waals surface area contributed by atoms with Crippen LogP contribution in [0.15, 0.2) is 53.2 Å². The van der Waals surface area contributed by atoms with Crippen molar-refractivity contribution in [2.45, 2.75) is 19.8 Å². The molecule has 0 aliphatic carbocycles. The molecule has 0 bridgehead atoms. The van der Waals surface area contributed by atoms with Crippen molar-refractivity contribution < 1.29 is 13.9 Å². The van der Waals surface area contributed by atoms with E-state index >= 15 is 0 Å². The lowest BCUT2D eigenvalue weighted by molar-refractivity contribution is -0.111. The third-order valence-electron chi connectivity index (χ3n) is 2.84. The summed E-state index contributed by atoms with van der Waals surface area (Å²) >= 11 is 0. The van der Waals surface area contributed by atoms with Crippen molar-refractivity contribution in [2.24, 2.45) is 0 Å². The Morgan fingerprint density at radius 2 is 2.14 bits per heavy atom. The van der Waals surface area contributed by atoms with E-state index in [1.54, 1.807) is 24.5 Å². The predicted octanol–water partition coefficient (Wildman–Crippen LogP) is 4.11. The van der Waals surface area contributed by atoms with Crippen LogP contribution in [-0.2, 0) is 4.79 Å². The Balaban J connectivity index is 1.96. The molecule has 1 heterocycles. The fourth-order valence-corrected chi connectivity index (χ4v) is 1.74. The lowest BCUT2D eigenvalue weighted by Gasteiger charge is -2.11. The van der Waals surface area contributed by atoms with Crippen LogP contribution in [0, 0.1) is 0 Å². The van der Waals surface area contributed by atoms with E-state index in [4.69, 9.17) is 9.15 Å². The summed E-state index contributed by atoms with van der Waals surface area (Å²) in [6, 6.07) is 11.0. The molecule has 0 aliphatic rings. The monoisotopic (exact) mass is 285 g/mol. The maximum Gasteiger partial charge on any atom is 0.248 e. The molecule has 1 aromatic carbocycles. The molecule has 0 fully saturated rings. The number of hydrogen-bond acceptors (Lipinski definition) is 3. The topological polar surface area (TPSA) is 51.5 Å². The number of carbonyl (C=O) groups is 1. The van der Waals surface area contributed by atoms with Gasteiger partial charge in [-0.05, 0) is 36.8 Å². The summed E-state index contributed by atoms with van der Waals surface area (Å²) in [6.45, 7) is 2.75. The maximum atomic E-state index is 11.9. The Hall–Kier alpha value is -2.49. The molecular formula is C17H19NO3. The van der Waals surface area contributed by atoms with E-state index in [1.807, 2.05) is 24.3 Å². The van der Waals surface area contributed by atoms with Crippen molar-refractivity contribution >= 4 is 17.7 Å². The average molecular weight is 285 g/mol. The van der Waals surface area contributed by atoms with Gasteiger partial charge >= 0.3 is 0 Å². The number of benzene rings is 1. The van der Waals surface area contributed by atoms with Gasteiger partial charge in [-0.1, -0.05) is 25.5 Å². The van der Waals surface area contributed by atoms with E-state index < -0.39 is 0 Å². The van der Waals surface area contributed by atoms with Gasteiger partial charge in [0.05, 0.1) is 18.6 Å². The molecule has 21 heavy (non-hydrogen) atoms. The molecule has 0 unspecified atom stereocenters. The normalized spacial score (nSPS) is 10.7. The van der Waals surface area contributed by atoms with Gasteiger partial charge in [0.25, 0.3) is 0 Å². The van der Waals surface area contributed by atoms with Gasteiger partial charge in [-0.2, -0.15) is 0 Å². The Labute approximate surface area is 124 Å². The van der Waals surface area contributed by atoms with Crippen molar-refractivity contribution in [1.29, 1.82) is 0 Å². The molecule has 1 amide bonds. The van der Waals surface area contributed by atoms with Gasteiger partial charge in [0, 0.05) is 6.08 Å². The summed E-state index contributed by atoms with van der Waals surface area (Å²) < 4.78 is 10.8. The molecule has 4 nitrogen and oxygen atoms in total. The van der Waals surface area contributed by atoms with Crippen LogP contribution >= 0.6 is 0 Å². The van der Waals surface area contributed by atoms with Crippen LogP contribution in [0.2, 0.25) is 0 Å². The second-order valence-corrected chi connectivity index (χ2v) is 4.54. The second kappa shape index (κ2) is 7.94. The molecule has 0 aliphatic heterocycles. The van der Waals surface area contributed by atoms with E-state index in [0.29, 0.717) is 23.8 Å². The molecule has 2 aromatic rings. The third kappa shape index (κ3) is 4.84. The van der Waals surface area contributed by atoms with E-state index in [2.05, 4.69) is 12.2 Å². The van der Waals surface area contributed by atoms with Crippen LogP contribution in [0.5, 0.6) is 5.75 Å². The number of para-hydroxylation sites is 2. The first-order valence-electron chi connectivity index (χ1n) is 7.04. The van der Waals surface area contributed by atoms with E-state index in [1.165, 1.54) is 6.08 Å². The zero-order valence-electron chi connectivity index (χ0n) is 12.0. The highest BCUT2D eigenvalue weighted by Gasteiger charge is 2.05. The van der Waals surface area contributed by atoms with E-state index in [-0.39, 0.29) is 5.91 Å². The number of carbonyl (C=O) groups excluding carboxylic acids is 1. The van der Waals surface area contributed by atoms with Crippen molar-refractivity contribution in [2.75, 3.05) is 11.9 Å². The zero-order valence-corrected chi connectivity index (χ0v) is 12.0. The molecular weight excluding hydrogens is 266 g/mol. The average Bonchev–Trinajstić information content (AvgIpc) is 3.00. The molecule has 0 saturated carbocycles. The van der Waals surface area contributed by atoms with Gasteiger partial charge in [-0.3, -0.25) is 4.79 Å². The summed E-state index contributed by atoms with van der Waals surface area (Å²) in [7, 11) is 0. The second-order valence-electron chi connectivity index (χ2n) is 4.54. The van der Waals surface area contributed by atoms with Gasteiger partial charge < -0.3 is 14.5 Å². The standard InChI is InChI=1S/C17H19NO3/c1-2-3-12-21-16-9-5-4-8-15(16)18-17(19)11-10-14-7-6-13-20-14/h4-11,13H,2-3,12H2,1H3,(H,18,19)/b11-10+. The molecule has 110 valence electrons. The van der Waals surface area contributed by atoms with Crippen molar-refractivity contribution in [3.8, 4) is 5.75 Å². The number of unbranched alkanes of at least 4 members (excludes halogenated alkanes) is 1. The van der Waals surface area contributed by atoms with Crippen molar-refractivity contribution in [1.82, 2.24) is 0 Å². The highest BCUT2D eigenvalue weighted by molar-refractivity contribution is 6.02. The van der Waals surface area contributed by atoms with Gasteiger partial charge in [-0.25, -0.2) is 0 Å². The lowest BCUT2D eigenvalue weighted by atomic mass is 10.3. The Morgan fingerprint density at radius 3 is 2.90 bits per heavy atom. The number of furan rings is 1. The maximum absolute atomic E-state index is 11.9. The summed E-state index contributed by atoms with van der Waals surface area (Å²) in [5, 5.41) is 2.81. The van der Waals surface area contributed by atoms with Crippen LogP contribution in [0.3, 0.4) is 0 Å². The molecule has 2 rings (SSSR count). The molecule has 0 atom stereocenters. The number of amides is 1. The molecule has 0 radical (unpaired) electrons. The minimum absolute atomic E-state index is 0.224. The fourth-order valence-electron chi connectivity index (χ4n) is 1.74. The van der Waals surface area contributed by atoms with E-state index in [0.717, 1.165) is 12.8 Å². The first-order valence-corrected chi connectivity index (χ1v) is 7.04. The summed E-state index contributed by atoms with van der Waals surface area (Å²) in [5.74, 6) is 1.10.